The highest BCUT2D eigenvalue weighted by molar-refractivity contribution is 6.24. The van der Waals surface area contributed by atoms with E-state index < -0.39 is 0 Å². The lowest BCUT2D eigenvalue weighted by Gasteiger charge is -2.14. The van der Waals surface area contributed by atoms with E-state index in [2.05, 4.69) is 138 Å². The zero-order valence-corrected chi connectivity index (χ0v) is 32.3. The molecule has 0 aliphatic carbocycles. The van der Waals surface area contributed by atoms with E-state index in [1.807, 2.05) is 72.8 Å². The number of hydrogen-bond acceptors (Lipinski definition) is 4. The third-order valence-electron chi connectivity index (χ3n) is 11.6. The van der Waals surface area contributed by atoms with Gasteiger partial charge >= 0.3 is 0 Å². The van der Waals surface area contributed by atoms with Crippen LogP contribution in [0.15, 0.2) is 211 Å². The summed E-state index contributed by atoms with van der Waals surface area (Å²) in [6, 6.07) is 72.1. The fourth-order valence-electron chi connectivity index (χ4n) is 8.95. The lowest BCUT2D eigenvalue weighted by molar-refractivity contribution is 0.670. The summed E-state index contributed by atoms with van der Waals surface area (Å²) in [6.07, 6.45) is 0. The first-order valence-electron chi connectivity index (χ1n) is 20.2. The van der Waals surface area contributed by atoms with E-state index in [0.717, 1.165) is 66.5 Å². The van der Waals surface area contributed by atoms with Crippen molar-refractivity contribution in [3.8, 4) is 62.1 Å². The molecule has 12 rings (SSSR count). The molecule has 3 aromatic heterocycles. The van der Waals surface area contributed by atoms with Crippen LogP contribution >= 0.6 is 0 Å². The first-order chi connectivity index (χ1) is 29.8. The predicted molar refractivity (Wildman–Crippen MR) is 246 cm³/mol. The Morgan fingerprint density at radius 2 is 0.867 bits per heavy atom. The largest absolute Gasteiger partial charge is 0.455 e. The van der Waals surface area contributed by atoms with Crippen molar-refractivity contribution in [1.29, 1.82) is 0 Å². The van der Waals surface area contributed by atoms with Crippen LogP contribution in [0.1, 0.15) is 0 Å². The molecule has 5 nitrogen and oxygen atoms in total. The Morgan fingerprint density at radius 3 is 1.52 bits per heavy atom. The average Bonchev–Trinajstić information content (AvgIpc) is 3.88. The Kier molecular flexibility index (Phi) is 7.78. The third kappa shape index (κ3) is 5.44. The highest BCUT2D eigenvalue weighted by Gasteiger charge is 2.23. The maximum atomic E-state index is 6.93. The standard InChI is InChI=1S/C55H34N4O/c1-5-18-35(19-6-1)44-34-48-50(41-27-14-13-26-40(41)44)42-28-15-16-30-47(42)59(48)39-32-45(36-20-7-2-8-21-36)52-46(33-39)51-43(29-17-31-49(51)60-52)55-57-53(37-22-9-3-10-23-37)56-54(58-55)38-24-11-4-12-25-38/h1-34H. The van der Waals surface area contributed by atoms with Crippen molar-refractivity contribution >= 4 is 54.5 Å². The van der Waals surface area contributed by atoms with Crippen molar-refractivity contribution in [2.75, 3.05) is 0 Å². The molecular weight excluding hydrogens is 733 g/mol. The average molecular weight is 767 g/mol. The molecule has 0 amide bonds. The molecule has 5 heteroatoms. The number of para-hydroxylation sites is 1. The van der Waals surface area contributed by atoms with Gasteiger partial charge in [0.1, 0.15) is 11.2 Å². The number of fused-ring (bicyclic) bond motifs is 8. The van der Waals surface area contributed by atoms with Crippen molar-refractivity contribution in [1.82, 2.24) is 19.5 Å². The van der Waals surface area contributed by atoms with Crippen LogP contribution in [-0.2, 0) is 0 Å². The molecule has 0 fully saturated rings. The molecule has 12 aromatic rings. The number of aromatic nitrogens is 4. The Balaban J connectivity index is 1.19. The predicted octanol–water partition coefficient (Wildman–Crippen LogP) is 14.4. The van der Waals surface area contributed by atoms with Crippen molar-refractivity contribution in [2.45, 2.75) is 0 Å². The first kappa shape index (κ1) is 33.9. The Morgan fingerprint density at radius 1 is 0.333 bits per heavy atom. The molecule has 0 aliphatic rings. The molecule has 0 aliphatic heterocycles. The lowest BCUT2D eigenvalue weighted by atomic mass is 9.95. The summed E-state index contributed by atoms with van der Waals surface area (Å²) in [6.45, 7) is 0. The minimum atomic E-state index is 0.582. The van der Waals surface area contributed by atoms with E-state index in [0.29, 0.717) is 17.5 Å². The van der Waals surface area contributed by atoms with Gasteiger partial charge in [0.2, 0.25) is 0 Å². The van der Waals surface area contributed by atoms with Gasteiger partial charge in [0, 0.05) is 49.5 Å². The van der Waals surface area contributed by atoms with Gasteiger partial charge in [-0.15, -0.1) is 0 Å². The first-order valence-corrected chi connectivity index (χ1v) is 20.2. The molecule has 280 valence electrons. The van der Waals surface area contributed by atoms with Crippen LogP contribution in [0.4, 0.5) is 0 Å². The van der Waals surface area contributed by atoms with Crippen LogP contribution in [0.2, 0.25) is 0 Å². The Bertz CT molecular complexity index is 3520. The molecule has 0 spiro atoms. The Labute approximate surface area is 345 Å². The molecule has 0 bridgehead atoms. The molecule has 60 heavy (non-hydrogen) atoms. The number of rotatable bonds is 6. The van der Waals surface area contributed by atoms with Gasteiger partial charge in [0.25, 0.3) is 0 Å². The highest BCUT2D eigenvalue weighted by Crippen LogP contribution is 2.45. The fraction of sp³-hybridized carbons (Fsp3) is 0. The molecular formula is C55H34N4O. The van der Waals surface area contributed by atoms with Gasteiger partial charge in [0.15, 0.2) is 17.5 Å². The van der Waals surface area contributed by atoms with Crippen LogP contribution in [0, 0.1) is 0 Å². The van der Waals surface area contributed by atoms with E-state index in [4.69, 9.17) is 19.4 Å². The van der Waals surface area contributed by atoms with E-state index in [1.165, 1.54) is 32.7 Å². The summed E-state index contributed by atoms with van der Waals surface area (Å²) in [5.74, 6) is 1.81. The lowest BCUT2D eigenvalue weighted by Crippen LogP contribution is -2.00. The van der Waals surface area contributed by atoms with Crippen LogP contribution in [-0.4, -0.2) is 19.5 Å². The minimum absolute atomic E-state index is 0.582. The molecule has 0 N–H and O–H groups in total. The molecule has 0 radical (unpaired) electrons. The van der Waals surface area contributed by atoms with Crippen molar-refractivity contribution in [3.05, 3.63) is 206 Å². The number of furan rings is 1. The summed E-state index contributed by atoms with van der Waals surface area (Å²) in [7, 11) is 0. The van der Waals surface area contributed by atoms with Gasteiger partial charge in [-0.2, -0.15) is 0 Å². The normalized spacial score (nSPS) is 11.7. The smallest absolute Gasteiger partial charge is 0.164 e. The second-order valence-corrected chi connectivity index (χ2v) is 15.1. The molecule has 0 saturated heterocycles. The highest BCUT2D eigenvalue weighted by atomic mass is 16.3. The van der Waals surface area contributed by atoms with Crippen LogP contribution in [0.5, 0.6) is 0 Å². The third-order valence-corrected chi connectivity index (χ3v) is 11.6. The number of nitrogens with zero attached hydrogens (tertiary/aromatic N) is 4. The van der Waals surface area contributed by atoms with E-state index in [9.17, 15) is 0 Å². The molecule has 3 heterocycles. The quantitative estimate of drug-likeness (QED) is 0.169. The molecule has 0 saturated carbocycles. The summed E-state index contributed by atoms with van der Waals surface area (Å²) in [4.78, 5) is 15.3. The van der Waals surface area contributed by atoms with Gasteiger partial charge < -0.3 is 8.98 Å². The van der Waals surface area contributed by atoms with Crippen LogP contribution in [0.3, 0.4) is 0 Å². The van der Waals surface area contributed by atoms with Gasteiger partial charge in [-0.25, -0.2) is 15.0 Å². The fourth-order valence-corrected chi connectivity index (χ4v) is 8.95. The van der Waals surface area contributed by atoms with Gasteiger partial charge in [-0.1, -0.05) is 176 Å². The molecule has 0 unspecified atom stereocenters. The second kappa shape index (κ2) is 13.8. The minimum Gasteiger partial charge on any atom is -0.455 e. The van der Waals surface area contributed by atoms with Crippen molar-refractivity contribution in [3.63, 3.8) is 0 Å². The van der Waals surface area contributed by atoms with E-state index >= 15 is 0 Å². The van der Waals surface area contributed by atoms with Gasteiger partial charge in [-0.05, 0) is 57.8 Å². The Hall–Kier alpha value is -8.15. The monoisotopic (exact) mass is 766 g/mol. The topological polar surface area (TPSA) is 56.7 Å². The molecule has 0 atom stereocenters. The second-order valence-electron chi connectivity index (χ2n) is 15.1. The zero-order valence-electron chi connectivity index (χ0n) is 32.3. The maximum absolute atomic E-state index is 6.93. The summed E-state index contributed by atoms with van der Waals surface area (Å²) >= 11 is 0. The SMILES string of the molecule is c1ccc(-c2nc(-c3ccccc3)nc(-c3cccc4oc5c(-c6ccccc6)cc(-n6c7ccccc7c7c8ccccc8c(-c8ccccc8)cc76)cc5c34)n2)cc1. The zero-order chi connectivity index (χ0) is 39.6. The van der Waals surface area contributed by atoms with Crippen LogP contribution in [0.25, 0.3) is 117 Å². The van der Waals surface area contributed by atoms with Gasteiger partial charge in [-0.3, -0.25) is 0 Å². The summed E-state index contributed by atoms with van der Waals surface area (Å²) < 4.78 is 9.36. The van der Waals surface area contributed by atoms with Crippen LogP contribution < -0.4 is 0 Å². The van der Waals surface area contributed by atoms with Crippen molar-refractivity contribution in [2.24, 2.45) is 0 Å². The molecule has 9 aromatic carbocycles. The van der Waals surface area contributed by atoms with E-state index in [-0.39, 0.29) is 0 Å². The van der Waals surface area contributed by atoms with Crippen molar-refractivity contribution < 1.29 is 4.42 Å². The summed E-state index contributed by atoms with van der Waals surface area (Å²) in [5.41, 5.74) is 12.0. The maximum Gasteiger partial charge on any atom is 0.164 e. The summed E-state index contributed by atoms with van der Waals surface area (Å²) in [5, 5.41) is 6.82. The number of hydrogen-bond donors (Lipinski definition) is 0. The van der Waals surface area contributed by atoms with Gasteiger partial charge in [0.05, 0.1) is 11.0 Å². The van der Waals surface area contributed by atoms with E-state index in [1.54, 1.807) is 0 Å². The number of benzene rings is 9.